The molecule has 0 fully saturated rings. The van der Waals surface area contributed by atoms with Crippen molar-refractivity contribution >= 4 is 23.2 Å². The molecule has 0 aliphatic rings. The Morgan fingerprint density at radius 2 is 1.84 bits per heavy atom. The molecule has 0 saturated carbocycles. The second kappa shape index (κ2) is 9.40. The van der Waals surface area contributed by atoms with Gasteiger partial charge in [0, 0.05) is 11.6 Å². The average molecular weight is 442 g/mol. The molecule has 0 aliphatic carbocycles. The number of para-hydroxylation sites is 1. The molecular formula is C21H17ClFN5O3. The van der Waals surface area contributed by atoms with E-state index >= 15 is 0 Å². The van der Waals surface area contributed by atoms with Gasteiger partial charge in [-0.25, -0.2) is 4.39 Å². The lowest BCUT2D eigenvalue weighted by atomic mass is 10.2. The molecule has 10 heteroatoms. The maximum atomic E-state index is 13.5. The summed E-state index contributed by atoms with van der Waals surface area (Å²) in [5, 5.41) is 15.8. The van der Waals surface area contributed by atoms with Crippen molar-refractivity contribution < 1.29 is 18.7 Å². The summed E-state index contributed by atoms with van der Waals surface area (Å²) >= 11 is 6.25. The van der Waals surface area contributed by atoms with Crippen molar-refractivity contribution in [2.75, 3.05) is 19.8 Å². The van der Waals surface area contributed by atoms with Crippen LogP contribution in [0, 0.1) is 5.82 Å². The summed E-state index contributed by atoms with van der Waals surface area (Å²) in [7, 11) is 0. The van der Waals surface area contributed by atoms with E-state index in [-0.39, 0.29) is 25.5 Å². The lowest BCUT2D eigenvalue weighted by Gasteiger charge is -2.09. The van der Waals surface area contributed by atoms with Gasteiger partial charge in [-0.3, -0.25) is 4.79 Å². The van der Waals surface area contributed by atoms with E-state index in [2.05, 4.69) is 20.6 Å². The number of aromatic nitrogens is 4. The second-order valence-electron chi connectivity index (χ2n) is 6.36. The first-order valence-electron chi connectivity index (χ1n) is 9.36. The monoisotopic (exact) mass is 441 g/mol. The number of fused-ring (bicyclic) bond motifs is 1. The number of carbonyl (C=O) groups is 1. The number of nitrogens with one attached hydrogen (secondary N) is 1. The number of hydrogen-bond donors (Lipinski definition) is 1. The Labute approximate surface area is 181 Å². The largest absolute Gasteiger partial charge is 0.481 e. The minimum atomic E-state index is -0.523. The summed E-state index contributed by atoms with van der Waals surface area (Å²) in [5.41, 5.74) is 1.24. The van der Waals surface area contributed by atoms with Crippen LogP contribution in [0.15, 0.2) is 60.7 Å². The number of halogens is 2. The van der Waals surface area contributed by atoms with Gasteiger partial charge in [0.2, 0.25) is 5.88 Å². The molecule has 2 aromatic carbocycles. The van der Waals surface area contributed by atoms with Gasteiger partial charge in [0.25, 0.3) is 5.91 Å². The highest BCUT2D eigenvalue weighted by atomic mass is 35.5. The predicted octanol–water partition coefficient (Wildman–Crippen LogP) is 3.16. The van der Waals surface area contributed by atoms with Crippen LogP contribution in [-0.2, 0) is 4.79 Å². The van der Waals surface area contributed by atoms with E-state index < -0.39 is 11.7 Å². The molecule has 158 valence electrons. The van der Waals surface area contributed by atoms with Crippen molar-refractivity contribution in [3.63, 3.8) is 0 Å². The van der Waals surface area contributed by atoms with Crippen molar-refractivity contribution in [2.45, 2.75) is 0 Å². The number of hydrogen-bond acceptors (Lipinski definition) is 6. The molecule has 0 spiro atoms. The van der Waals surface area contributed by atoms with Gasteiger partial charge in [0.1, 0.15) is 6.61 Å². The summed E-state index contributed by atoms with van der Waals surface area (Å²) < 4.78 is 25.8. The minimum Gasteiger partial charge on any atom is -0.481 e. The van der Waals surface area contributed by atoms with Crippen molar-refractivity contribution in [2.24, 2.45) is 0 Å². The fraction of sp³-hybridized carbons (Fsp3) is 0.143. The Morgan fingerprint density at radius 1 is 1.03 bits per heavy atom. The Bertz CT molecular complexity index is 1220. The van der Waals surface area contributed by atoms with E-state index in [0.29, 0.717) is 27.9 Å². The van der Waals surface area contributed by atoms with Crippen LogP contribution in [0.1, 0.15) is 0 Å². The minimum absolute atomic E-state index is 0.0228. The van der Waals surface area contributed by atoms with E-state index in [4.69, 9.17) is 21.1 Å². The fourth-order valence-electron chi connectivity index (χ4n) is 2.76. The molecule has 0 radical (unpaired) electrons. The smallest absolute Gasteiger partial charge is 0.258 e. The maximum absolute atomic E-state index is 13.5. The van der Waals surface area contributed by atoms with Crippen molar-refractivity contribution in [3.05, 3.63) is 71.5 Å². The molecule has 2 heterocycles. The van der Waals surface area contributed by atoms with Crippen LogP contribution in [0.3, 0.4) is 0 Å². The molecule has 0 saturated heterocycles. The molecule has 1 N–H and O–H groups in total. The van der Waals surface area contributed by atoms with E-state index in [1.807, 2.05) is 18.2 Å². The van der Waals surface area contributed by atoms with E-state index in [0.717, 1.165) is 0 Å². The average Bonchev–Trinajstić information content (AvgIpc) is 3.19. The summed E-state index contributed by atoms with van der Waals surface area (Å²) in [5.74, 6) is -0.0721. The summed E-state index contributed by atoms with van der Waals surface area (Å²) in [4.78, 5) is 11.8. The first-order chi connectivity index (χ1) is 15.1. The van der Waals surface area contributed by atoms with Crippen molar-refractivity contribution in [3.8, 4) is 23.0 Å². The Morgan fingerprint density at radius 3 is 2.68 bits per heavy atom. The normalized spacial score (nSPS) is 10.8. The number of rotatable bonds is 8. The van der Waals surface area contributed by atoms with Gasteiger partial charge in [0.15, 0.2) is 29.6 Å². The number of ether oxygens (including phenoxy) is 2. The Balaban J connectivity index is 1.31. The Kier molecular flexibility index (Phi) is 6.23. The van der Waals surface area contributed by atoms with Crippen LogP contribution in [0.5, 0.6) is 11.6 Å². The highest BCUT2D eigenvalue weighted by Gasteiger charge is 2.13. The third-order valence-electron chi connectivity index (χ3n) is 4.22. The zero-order valence-corrected chi connectivity index (χ0v) is 16.9. The van der Waals surface area contributed by atoms with Gasteiger partial charge in [-0.2, -0.15) is 4.52 Å². The molecule has 1 amide bonds. The van der Waals surface area contributed by atoms with Crippen LogP contribution < -0.4 is 14.8 Å². The lowest BCUT2D eigenvalue weighted by molar-refractivity contribution is -0.123. The SMILES string of the molecule is O=C(COc1ccccc1F)NCCOc1ccc2nnc(-c3ccccc3Cl)n2n1. The second-order valence-corrected chi connectivity index (χ2v) is 6.77. The zero-order valence-electron chi connectivity index (χ0n) is 16.2. The third kappa shape index (κ3) is 4.89. The molecule has 31 heavy (non-hydrogen) atoms. The van der Waals surface area contributed by atoms with Crippen LogP contribution in [0.4, 0.5) is 4.39 Å². The van der Waals surface area contributed by atoms with Gasteiger partial charge in [-0.1, -0.05) is 35.9 Å². The topological polar surface area (TPSA) is 90.6 Å². The van der Waals surface area contributed by atoms with E-state index in [1.54, 1.807) is 30.3 Å². The molecule has 2 aromatic heterocycles. The molecule has 4 rings (SSSR count). The van der Waals surface area contributed by atoms with Crippen LogP contribution >= 0.6 is 11.6 Å². The molecule has 0 unspecified atom stereocenters. The molecule has 4 aromatic rings. The number of carbonyl (C=O) groups excluding carboxylic acids is 1. The van der Waals surface area contributed by atoms with E-state index in [1.165, 1.54) is 16.6 Å². The quantitative estimate of drug-likeness (QED) is 0.422. The number of benzene rings is 2. The number of nitrogens with zero attached hydrogens (tertiary/aromatic N) is 4. The van der Waals surface area contributed by atoms with Crippen LogP contribution in [-0.4, -0.2) is 45.5 Å². The van der Waals surface area contributed by atoms with E-state index in [9.17, 15) is 9.18 Å². The highest BCUT2D eigenvalue weighted by molar-refractivity contribution is 6.33. The summed E-state index contributed by atoms with van der Waals surface area (Å²) in [6.07, 6.45) is 0. The first-order valence-corrected chi connectivity index (χ1v) is 9.74. The summed E-state index contributed by atoms with van der Waals surface area (Å²) in [6.45, 7) is 0.0965. The molecule has 0 aliphatic heterocycles. The van der Waals surface area contributed by atoms with Crippen LogP contribution in [0.25, 0.3) is 17.0 Å². The highest BCUT2D eigenvalue weighted by Crippen LogP contribution is 2.26. The van der Waals surface area contributed by atoms with Gasteiger partial charge < -0.3 is 14.8 Å². The van der Waals surface area contributed by atoms with Crippen molar-refractivity contribution in [1.29, 1.82) is 0 Å². The van der Waals surface area contributed by atoms with Gasteiger partial charge in [-0.15, -0.1) is 15.3 Å². The Hall–Kier alpha value is -3.72. The zero-order chi connectivity index (χ0) is 21.6. The molecule has 8 nitrogen and oxygen atoms in total. The molecule has 0 bridgehead atoms. The van der Waals surface area contributed by atoms with Gasteiger partial charge >= 0.3 is 0 Å². The van der Waals surface area contributed by atoms with Gasteiger partial charge in [-0.05, 0) is 30.3 Å². The lowest BCUT2D eigenvalue weighted by Crippen LogP contribution is -2.32. The first kappa shape index (κ1) is 20.5. The maximum Gasteiger partial charge on any atom is 0.258 e. The van der Waals surface area contributed by atoms with Crippen molar-refractivity contribution in [1.82, 2.24) is 25.1 Å². The van der Waals surface area contributed by atoms with Gasteiger partial charge in [0.05, 0.1) is 11.6 Å². The summed E-state index contributed by atoms with van der Waals surface area (Å²) in [6, 6.07) is 16.5. The van der Waals surface area contributed by atoms with Crippen LogP contribution in [0.2, 0.25) is 5.02 Å². The predicted molar refractivity (Wildman–Crippen MR) is 112 cm³/mol. The molecular weight excluding hydrogens is 425 g/mol. The molecule has 0 atom stereocenters. The third-order valence-corrected chi connectivity index (χ3v) is 4.55. The standard InChI is InChI=1S/C21H17ClFN5O3/c22-15-6-2-1-5-14(15)21-26-25-18-9-10-20(27-28(18)21)30-12-11-24-19(29)13-31-17-8-4-3-7-16(17)23/h1-10H,11-13H2,(H,24,29). The number of amides is 1. The fourth-order valence-corrected chi connectivity index (χ4v) is 2.98.